The van der Waals surface area contributed by atoms with Crippen LogP contribution in [0.2, 0.25) is 0 Å². The summed E-state index contributed by atoms with van der Waals surface area (Å²) in [5.74, 6) is 1.60. The molecule has 2 unspecified atom stereocenters. The Balaban J connectivity index is 1.78. The molecule has 2 rings (SSSR count). The third-order valence-corrected chi connectivity index (χ3v) is 4.73. The highest BCUT2D eigenvalue weighted by Crippen LogP contribution is 2.25. The predicted molar refractivity (Wildman–Crippen MR) is 101 cm³/mol. The molecule has 1 saturated heterocycles. The second-order valence-corrected chi connectivity index (χ2v) is 6.71. The molecular weight excluding hydrogens is 334 g/mol. The van der Waals surface area contributed by atoms with Crippen LogP contribution in [0.3, 0.4) is 0 Å². The summed E-state index contributed by atoms with van der Waals surface area (Å²) in [5, 5.41) is 8.80. The zero-order valence-electron chi connectivity index (χ0n) is 15.8. The molecule has 0 spiro atoms. The highest BCUT2D eigenvalue weighted by molar-refractivity contribution is 5.94. The second-order valence-electron chi connectivity index (χ2n) is 6.71. The standard InChI is InChI=1S/C19H29N3O4/c1-13(14-5-4-6-20-11-14)7-18(23)21-12-19(24)22-15-8-16(25-2)10-17(9-15)26-3/h8-10,13-14,20H,4-7,11-12H2,1-3H3,(H,21,23)(H,22,24). The molecule has 2 amide bonds. The van der Waals surface area contributed by atoms with Crippen molar-refractivity contribution < 1.29 is 19.1 Å². The van der Waals surface area contributed by atoms with E-state index in [-0.39, 0.29) is 18.4 Å². The molecule has 1 heterocycles. The van der Waals surface area contributed by atoms with Gasteiger partial charge >= 0.3 is 0 Å². The van der Waals surface area contributed by atoms with Gasteiger partial charge in [-0.1, -0.05) is 6.92 Å². The van der Waals surface area contributed by atoms with Crippen molar-refractivity contribution in [3.63, 3.8) is 0 Å². The minimum Gasteiger partial charge on any atom is -0.497 e. The maximum Gasteiger partial charge on any atom is 0.243 e. The predicted octanol–water partition coefficient (Wildman–Crippen LogP) is 1.78. The van der Waals surface area contributed by atoms with E-state index in [1.54, 1.807) is 32.4 Å². The lowest BCUT2D eigenvalue weighted by Gasteiger charge is -2.27. The zero-order chi connectivity index (χ0) is 18.9. The van der Waals surface area contributed by atoms with Gasteiger partial charge in [0.1, 0.15) is 11.5 Å². The Kier molecular flexibility index (Phi) is 7.72. The van der Waals surface area contributed by atoms with Crippen LogP contribution >= 0.6 is 0 Å². The van der Waals surface area contributed by atoms with E-state index in [9.17, 15) is 9.59 Å². The first-order chi connectivity index (χ1) is 12.5. The Bertz CT molecular complexity index is 593. The van der Waals surface area contributed by atoms with Gasteiger partial charge in [0.2, 0.25) is 11.8 Å². The molecule has 0 bridgehead atoms. The third kappa shape index (κ3) is 6.22. The number of hydrogen-bond acceptors (Lipinski definition) is 5. The van der Waals surface area contributed by atoms with Gasteiger partial charge in [0, 0.05) is 30.3 Å². The SMILES string of the molecule is COc1cc(NC(=O)CNC(=O)CC(C)C2CCCNC2)cc(OC)c1. The largest absolute Gasteiger partial charge is 0.497 e. The highest BCUT2D eigenvalue weighted by atomic mass is 16.5. The first kappa shape index (κ1) is 20.0. The monoisotopic (exact) mass is 363 g/mol. The molecule has 26 heavy (non-hydrogen) atoms. The number of piperidine rings is 1. The van der Waals surface area contributed by atoms with Crippen LogP contribution in [0.1, 0.15) is 26.2 Å². The third-order valence-electron chi connectivity index (χ3n) is 4.73. The summed E-state index contributed by atoms with van der Waals surface area (Å²) in [7, 11) is 3.09. The summed E-state index contributed by atoms with van der Waals surface area (Å²) in [6.07, 6.45) is 2.75. The van der Waals surface area contributed by atoms with Crippen molar-refractivity contribution in [2.45, 2.75) is 26.2 Å². The number of carbonyl (C=O) groups excluding carboxylic acids is 2. The molecule has 0 radical (unpaired) electrons. The van der Waals surface area contributed by atoms with E-state index in [0.29, 0.717) is 35.4 Å². The number of methoxy groups -OCH3 is 2. The zero-order valence-corrected chi connectivity index (χ0v) is 15.8. The number of carbonyl (C=O) groups is 2. The van der Waals surface area contributed by atoms with Crippen molar-refractivity contribution in [3.8, 4) is 11.5 Å². The van der Waals surface area contributed by atoms with Crippen LogP contribution in [0.25, 0.3) is 0 Å². The fourth-order valence-electron chi connectivity index (χ4n) is 3.16. The van der Waals surface area contributed by atoms with Crippen LogP contribution in [0, 0.1) is 11.8 Å². The molecule has 0 aliphatic carbocycles. The average Bonchev–Trinajstić information content (AvgIpc) is 2.66. The highest BCUT2D eigenvalue weighted by Gasteiger charge is 2.22. The van der Waals surface area contributed by atoms with Crippen molar-refractivity contribution in [2.75, 3.05) is 39.2 Å². The van der Waals surface area contributed by atoms with Gasteiger partial charge in [-0.05, 0) is 37.8 Å². The van der Waals surface area contributed by atoms with Gasteiger partial charge in [0.15, 0.2) is 0 Å². The van der Waals surface area contributed by atoms with Crippen LogP contribution in [0.5, 0.6) is 11.5 Å². The molecule has 144 valence electrons. The van der Waals surface area contributed by atoms with E-state index >= 15 is 0 Å². The molecule has 0 saturated carbocycles. The molecule has 1 aromatic carbocycles. The van der Waals surface area contributed by atoms with E-state index in [4.69, 9.17) is 9.47 Å². The molecule has 1 aliphatic rings. The topological polar surface area (TPSA) is 88.7 Å². The van der Waals surface area contributed by atoms with Crippen molar-refractivity contribution in [1.82, 2.24) is 10.6 Å². The molecule has 1 aliphatic heterocycles. The number of rotatable bonds is 8. The average molecular weight is 363 g/mol. The fourth-order valence-corrected chi connectivity index (χ4v) is 3.16. The van der Waals surface area contributed by atoms with Gasteiger partial charge in [0.25, 0.3) is 0 Å². The van der Waals surface area contributed by atoms with Crippen molar-refractivity contribution >= 4 is 17.5 Å². The minimum atomic E-state index is -0.291. The van der Waals surface area contributed by atoms with Gasteiger partial charge in [-0.3, -0.25) is 9.59 Å². The first-order valence-electron chi connectivity index (χ1n) is 9.02. The van der Waals surface area contributed by atoms with E-state index < -0.39 is 0 Å². The van der Waals surface area contributed by atoms with E-state index in [1.807, 2.05) is 0 Å². The van der Waals surface area contributed by atoms with Crippen molar-refractivity contribution in [3.05, 3.63) is 18.2 Å². The number of hydrogen-bond donors (Lipinski definition) is 3. The quantitative estimate of drug-likeness (QED) is 0.655. The summed E-state index contributed by atoms with van der Waals surface area (Å²) in [6.45, 7) is 4.06. The van der Waals surface area contributed by atoms with Gasteiger partial charge in [-0.2, -0.15) is 0 Å². The number of amides is 2. The van der Waals surface area contributed by atoms with Gasteiger partial charge < -0.3 is 25.4 Å². The van der Waals surface area contributed by atoms with E-state index in [1.165, 1.54) is 0 Å². The number of anilines is 1. The molecule has 1 aromatic rings. The van der Waals surface area contributed by atoms with Crippen molar-refractivity contribution in [1.29, 1.82) is 0 Å². The van der Waals surface area contributed by atoms with Crippen LogP contribution in [0.4, 0.5) is 5.69 Å². The summed E-state index contributed by atoms with van der Waals surface area (Å²) < 4.78 is 10.3. The Morgan fingerprint density at radius 2 is 1.88 bits per heavy atom. The van der Waals surface area contributed by atoms with Gasteiger partial charge in [-0.15, -0.1) is 0 Å². The molecule has 2 atom stereocenters. The molecule has 7 nitrogen and oxygen atoms in total. The Hall–Kier alpha value is -2.28. The summed E-state index contributed by atoms with van der Waals surface area (Å²) >= 11 is 0. The smallest absolute Gasteiger partial charge is 0.243 e. The maximum atomic E-state index is 12.1. The molecule has 1 fully saturated rings. The van der Waals surface area contributed by atoms with Crippen LogP contribution in [-0.4, -0.2) is 45.7 Å². The Labute approximate surface area is 154 Å². The van der Waals surface area contributed by atoms with Crippen LogP contribution in [0.15, 0.2) is 18.2 Å². The Morgan fingerprint density at radius 1 is 1.19 bits per heavy atom. The molecular formula is C19H29N3O4. The lowest BCUT2D eigenvalue weighted by atomic mass is 9.85. The molecule has 0 aromatic heterocycles. The van der Waals surface area contributed by atoms with Crippen LogP contribution in [-0.2, 0) is 9.59 Å². The molecule has 7 heteroatoms. The fraction of sp³-hybridized carbons (Fsp3) is 0.579. The number of nitrogens with one attached hydrogen (secondary N) is 3. The number of benzene rings is 1. The normalized spacial score (nSPS) is 17.9. The van der Waals surface area contributed by atoms with Crippen LogP contribution < -0.4 is 25.4 Å². The first-order valence-corrected chi connectivity index (χ1v) is 9.02. The summed E-state index contributed by atoms with van der Waals surface area (Å²) in [5.41, 5.74) is 0.557. The number of ether oxygens (including phenoxy) is 2. The maximum absolute atomic E-state index is 12.1. The summed E-state index contributed by atoms with van der Waals surface area (Å²) in [4.78, 5) is 24.2. The lowest BCUT2D eigenvalue weighted by Crippen LogP contribution is -2.37. The lowest BCUT2D eigenvalue weighted by molar-refractivity contribution is -0.125. The van der Waals surface area contributed by atoms with Gasteiger partial charge in [0.05, 0.1) is 20.8 Å². The Morgan fingerprint density at radius 3 is 2.46 bits per heavy atom. The minimum absolute atomic E-state index is 0.0615. The van der Waals surface area contributed by atoms with E-state index in [2.05, 4.69) is 22.9 Å². The molecule has 3 N–H and O–H groups in total. The second kappa shape index (κ2) is 10.0. The van der Waals surface area contributed by atoms with E-state index in [0.717, 1.165) is 25.9 Å². The van der Waals surface area contributed by atoms with Gasteiger partial charge in [-0.25, -0.2) is 0 Å². The summed E-state index contributed by atoms with van der Waals surface area (Å²) in [6, 6.07) is 5.11. The van der Waals surface area contributed by atoms with Crippen molar-refractivity contribution in [2.24, 2.45) is 11.8 Å².